The fraction of sp³-hybridized carbons (Fsp3) is 0.111. The van der Waals surface area contributed by atoms with Crippen molar-refractivity contribution in [1.29, 1.82) is 0 Å². The Labute approximate surface area is 117 Å². The Morgan fingerprint density at radius 2 is 1.58 bits per heavy atom. The molecule has 0 amide bonds. The zero-order valence-corrected chi connectivity index (χ0v) is 12.1. The standard InChI is InChI=1S/C18H19P/c1-3-9-15-11-8-14-18(17(15)10-4-2)19-16-12-6-5-7-13-16/h3-8,11-14,19H,1-2,9-10H2. The van der Waals surface area contributed by atoms with E-state index in [0.29, 0.717) is 8.58 Å². The van der Waals surface area contributed by atoms with Gasteiger partial charge in [-0.25, -0.2) is 0 Å². The monoisotopic (exact) mass is 266 g/mol. The van der Waals surface area contributed by atoms with E-state index in [2.05, 4.69) is 61.7 Å². The third-order valence-electron chi connectivity index (χ3n) is 3.04. The van der Waals surface area contributed by atoms with E-state index >= 15 is 0 Å². The van der Waals surface area contributed by atoms with Crippen LogP contribution >= 0.6 is 8.58 Å². The molecule has 96 valence electrons. The summed E-state index contributed by atoms with van der Waals surface area (Å²) >= 11 is 0. The van der Waals surface area contributed by atoms with E-state index in [9.17, 15) is 0 Å². The second-order valence-electron chi connectivity index (χ2n) is 4.42. The molecule has 0 saturated carbocycles. The average Bonchev–Trinajstić information content (AvgIpc) is 2.44. The van der Waals surface area contributed by atoms with Gasteiger partial charge in [-0.15, -0.1) is 13.2 Å². The van der Waals surface area contributed by atoms with Crippen molar-refractivity contribution >= 4 is 19.2 Å². The molecular formula is C18H19P. The van der Waals surface area contributed by atoms with E-state index in [1.807, 2.05) is 12.2 Å². The van der Waals surface area contributed by atoms with Crippen LogP contribution in [0.4, 0.5) is 0 Å². The topological polar surface area (TPSA) is 0 Å². The predicted molar refractivity (Wildman–Crippen MR) is 88.3 cm³/mol. The first-order valence-corrected chi connectivity index (χ1v) is 7.49. The van der Waals surface area contributed by atoms with Gasteiger partial charge in [-0.2, -0.15) is 0 Å². The molecule has 0 N–H and O–H groups in total. The molecule has 0 radical (unpaired) electrons. The van der Waals surface area contributed by atoms with E-state index in [1.54, 1.807) is 0 Å². The van der Waals surface area contributed by atoms with Crippen LogP contribution in [-0.2, 0) is 12.8 Å². The lowest BCUT2D eigenvalue weighted by Crippen LogP contribution is -2.11. The molecule has 0 fully saturated rings. The van der Waals surface area contributed by atoms with Gasteiger partial charge in [0.1, 0.15) is 0 Å². The van der Waals surface area contributed by atoms with Crippen LogP contribution in [0.1, 0.15) is 11.1 Å². The molecule has 0 nitrogen and oxygen atoms in total. The summed E-state index contributed by atoms with van der Waals surface area (Å²) in [7, 11) is 0.704. The smallest absolute Gasteiger partial charge is 0.00909 e. The number of benzene rings is 2. The molecule has 0 heterocycles. The molecule has 0 saturated heterocycles. The van der Waals surface area contributed by atoms with Crippen molar-refractivity contribution in [1.82, 2.24) is 0 Å². The minimum atomic E-state index is 0.704. The molecule has 1 atom stereocenters. The van der Waals surface area contributed by atoms with Gasteiger partial charge in [0.05, 0.1) is 0 Å². The molecule has 1 heteroatoms. The molecule has 0 aliphatic carbocycles. The molecule has 0 aromatic heterocycles. The summed E-state index contributed by atoms with van der Waals surface area (Å²) in [4.78, 5) is 0. The second-order valence-corrected chi connectivity index (χ2v) is 5.79. The minimum Gasteiger partial charge on any atom is -0.103 e. The van der Waals surface area contributed by atoms with Gasteiger partial charge >= 0.3 is 0 Å². The van der Waals surface area contributed by atoms with Crippen LogP contribution in [0.3, 0.4) is 0 Å². The van der Waals surface area contributed by atoms with E-state index in [1.165, 1.54) is 21.7 Å². The minimum absolute atomic E-state index is 0.704. The maximum atomic E-state index is 3.88. The maximum absolute atomic E-state index is 3.88. The Hall–Kier alpha value is -1.65. The van der Waals surface area contributed by atoms with Crippen molar-refractivity contribution in [3.63, 3.8) is 0 Å². The van der Waals surface area contributed by atoms with Crippen molar-refractivity contribution in [3.8, 4) is 0 Å². The Morgan fingerprint density at radius 3 is 2.26 bits per heavy atom. The quantitative estimate of drug-likeness (QED) is 0.551. The summed E-state index contributed by atoms with van der Waals surface area (Å²) < 4.78 is 0. The first-order chi connectivity index (χ1) is 9.35. The second kappa shape index (κ2) is 7.07. The summed E-state index contributed by atoms with van der Waals surface area (Å²) in [6.45, 7) is 7.73. The van der Waals surface area contributed by atoms with Crippen LogP contribution < -0.4 is 10.6 Å². The maximum Gasteiger partial charge on any atom is -0.00909 e. The molecule has 2 rings (SSSR count). The highest BCUT2D eigenvalue weighted by Crippen LogP contribution is 2.18. The summed E-state index contributed by atoms with van der Waals surface area (Å²) in [6.07, 6.45) is 5.81. The van der Waals surface area contributed by atoms with Crippen LogP contribution in [-0.4, -0.2) is 0 Å². The number of hydrogen-bond acceptors (Lipinski definition) is 0. The third kappa shape index (κ3) is 3.66. The summed E-state index contributed by atoms with van der Waals surface area (Å²) in [6, 6.07) is 17.2. The van der Waals surface area contributed by atoms with Gasteiger partial charge in [-0.1, -0.05) is 69.3 Å². The highest BCUT2D eigenvalue weighted by molar-refractivity contribution is 7.55. The molecular weight excluding hydrogens is 247 g/mol. The Balaban J connectivity index is 2.35. The van der Waals surface area contributed by atoms with Crippen molar-refractivity contribution < 1.29 is 0 Å². The summed E-state index contributed by atoms with van der Waals surface area (Å²) in [5.74, 6) is 0. The third-order valence-corrected chi connectivity index (χ3v) is 4.40. The van der Waals surface area contributed by atoms with Gasteiger partial charge in [0.25, 0.3) is 0 Å². The van der Waals surface area contributed by atoms with Crippen molar-refractivity contribution in [2.75, 3.05) is 0 Å². The zero-order valence-electron chi connectivity index (χ0n) is 11.1. The molecule has 1 unspecified atom stereocenters. The predicted octanol–water partition coefficient (Wildman–Crippen LogP) is 3.77. The zero-order chi connectivity index (χ0) is 13.5. The van der Waals surface area contributed by atoms with Crippen LogP contribution in [0.5, 0.6) is 0 Å². The van der Waals surface area contributed by atoms with Crippen LogP contribution in [0, 0.1) is 0 Å². The van der Waals surface area contributed by atoms with E-state index < -0.39 is 0 Å². The molecule has 2 aromatic carbocycles. The van der Waals surface area contributed by atoms with Gasteiger partial charge < -0.3 is 0 Å². The van der Waals surface area contributed by atoms with E-state index in [0.717, 1.165) is 12.8 Å². The Morgan fingerprint density at radius 1 is 0.842 bits per heavy atom. The lowest BCUT2D eigenvalue weighted by Gasteiger charge is -2.13. The van der Waals surface area contributed by atoms with E-state index in [-0.39, 0.29) is 0 Å². The lowest BCUT2D eigenvalue weighted by molar-refractivity contribution is 1.17. The van der Waals surface area contributed by atoms with Crippen LogP contribution in [0.15, 0.2) is 73.8 Å². The Kier molecular flexibility index (Phi) is 5.12. The normalized spacial score (nSPS) is 10.7. The van der Waals surface area contributed by atoms with Gasteiger partial charge in [0.2, 0.25) is 0 Å². The molecule has 0 bridgehead atoms. The molecule has 0 aliphatic rings. The summed E-state index contributed by atoms with van der Waals surface area (Å²) in [5, 5.41) is 2.80. The van der Waals surface area contributed by atoms with Crippen LogP contribution in [0.25, 0.3) is 0 Å². The lowest BCUT2D eigenvalue weighted by atomic mass is 10.0. The van der Waals surface area contributed by atoms with E-state index in [4.69, 9.17) is 0 Å². The largest absolute Gasteiger partial charge is 0.103 e. The van der Waals surface area contributed by atoms with Gasteiger partial charge in [0, 0.05) is 0 Å². The highest BCUT2D eigenvalue weighted by Gasteiger charge is 2.06. The SMILES string of the molecule is C=CCc1cccc(Pc2ccccc2)c1CC=C. The van der Waals surface area contributed by atoms with Crippen molar-refractivity contribution in [3.05, 3.63) is 85.0 Å². The number of allylic oxidation sites excluding steroid dienone is 2. The molecule has 19 heavy (non-hydrogen) atoms. The first kappa shape index (κ1) is 13.8. The van der Waals surface area contributed by atoms with Crippen LogP contribution in [0.2, 0.25) is 0 Å². The summed E-state index contributed by atoms with van der Waals surface area (Å²) in [5.41, 5.74) is 2.79. The van der Waals surface area contributed by atoms with Crippen molar-refractivity contribution in [2.45, 2.75) is 12.8 Å². The average molecular weight is 266 g/mol. The molecule has 2 aromatic rings. The fourth-order valence-electron chi connectivity index (χ4n) is 2.16. The first-order valence-electron chi connectivity index (χ1n) is 6.49. The van der Waals surface area contributed by atoms with Gasteiger partial charge in [-0.05, 0) is 34.6 Å². The number of hydrogen-bond donors (Lipinski definition) is 0. The van der Waals surface area contributed by atoms with Gasteiger partial charge in [0.15, 0.2) is 0 Å². The fourth-order valence-corrected chi connectivity index (χ4v) is 3.42. The number of rotatable bonds is 6. The Bertz CT molecular complexity index is 555. The highest BCUT2D eigenvalue weighted by atomic mass is 31.1. The van der Waals surface area contributed by atoms with Gasteiger partial charge in [-0.3, -0.25) is 0 Å². The molecule has 0 aliphatic heterocycles. The van der Waals surface area contributed by atoms with Crippen molar-refractivity contribution in [2.24, 2.45) is 0 Å². The molecule has 0 spiro atoms.